The highest BCUT2D eigenvalue weighted by Gasteiger charge is 2.20. The maximum atomic E-state index is 11.3. The molecule has 1 aliphatic rings. The lowest BCUT2D eigenvalue weighted by atomic mass is 10.2. The smallest absolute Gasteiger partial charge is 0.223 e. The van der Waals surface area contributed by atoms with Crippen molar-refractivity contribution in [2.24, 2.45) is 0 Å². The Bertz CT molecular complexity index is 380. The minimum absolute atomic E-state index is 0.174. The van der Waals surface area contributed by atoms with Crippen LogP contribution in [0, 0.1) is 0 Å². The summed E-state index contributed by atoms with van der Waals surface area (Å²) in [5.74, 6) is -0.174. The molecule has 0 saturated carbocycles. The van der Waals surface area contributed by atoms with E-state index in [0.717, 1.165) is 5.56 Å². The van der Waals surface area contributed by atoms with Crippen LogP contribution in [0.1, 0.15) is 15.2 Å². The molecule has 2 unspecified atom stereocenters. The lowest BCUT2D eigenvalue weighted by Crippen LogP contribution is -2.25. The molecule has 0 N–H and O–H groups in total. The number of anilines is 1. The maximum absolute atomic E-state index is 11.3. The second-order valence-corrected chi connectivity index (χ2v) is 2.76. The first-order chi connectivity index (χ1) is 6.63. The minimum Gasteiger partial charge on any atom is -0.312 e. The fraction of sp³-hybridized carbons (Fsp3) is 0.300. The van der Waals surface area contributed by atoms with Crippen molar-refractivity contribution in [2.75, 3.05) is 11.4 Å². The Morgan fingerprint density at radius 1 is 1.58 bits per heavy atom. The van der Waals surface area contributed by atoms with Gasteiger partial charge < -0.3 is 4.90 Å². The summed E-state index contributed by atoms with van der Waals surface area (Å²) in [5, 5.41) is 0. The molecule has 12 heavy (non-hydrogen) atoms. The van der Waals surface area contributed by atoms with E-state index in [2.05, 4.69) is 0 Å². The summed E-state index contributed by atoms with van der Waals surface area (Å²) in [5.41, 5.74) is 1.47. The Morgan fingerprint density at radius 3 is 3.08 bits per heavy atom. The topological polar surface area (TPSA) is 20.3 Å². The Balaban J connectivity index is 2.53. The van der Waals surface area contributed by atoms with Crippen LogP contribution in [0.25, 0.3) is 0 Å². The molecule has 0 fully saturated rings. The normalized spacial score (nSPS) is 29.2. The molecule has 0 radical (unpaired) electrons. The molecule has 0 saturated heterocycles. The molecule has 0 aliphatic carbocycles. The molecule has 0 spiro atoms. The van der Waals surface area contributed by atoms with Crippen molar-refractivity contribution in [1.29, 1.82) is 0 Å². The Morgan fingerprint density at radius 2 is 2.33 bits per heavy atom. The average Bonchev–Trinajstić information content (AvgIpc) is 2.41. The van der Waals surface area contributed by atoms with Gasteiger partial charge in [0.05, 0.1) is 1.37 Å². The standard InChI is InChI=1S/C10H11NO/c1-8(12)11-7-6-9-4-2-3-5-10(9)11/h2-5H,6-7H2,1H3/i6D,7D. The van der Waals surface area contributed by atoms with Crippen LogP contribution in [0.4, 0.5) is 5.69 Å². The number of para-hydroxylation sites is 1. The number of fused-ring (bicyclic) bond motifs is 1. The number of hydrogen-bond donors (Lipinski definition) is 0. The summed E-state index contributed by atoms with van der Waals surface area (Å²) in [6, 6.07) is 7.24. The van der Waals surface area contributed by atoms with Crippen molar-refractivity contribution in [3.8, 4) is 0 Å². The molecule has 1 amide bonds. The highest BCUT2D eigenvalue weighted by Crippen LogP contribution is 2.26. The van der Waals surface area contributed by atoms with E-state index in [1.165, 1.54) is 11.8 Å². The summed E-state index contributed by atoms with van der Waals surface area (Å²) in [6.45, 7) is 0.626. The van der Waals surface area contributed by atoms with Gasteiger partial charge in [0.15, 0.2) is 0 Å². The molecule has 1 heterocycles. The fourth-order valence-corrected chi connectivity index (χ4v) is 1.36. The van der Waals surface area contributed by atoms with Gasteiger partial charge >= 0.3 is 0 Å². The van der Waals surface area contributed by atoms with E-state index in [-0.39, 0.29) is 5.91 Å². The number of aryl methyl sites for hydroxylation is 1. The molecule has 62 valence electrons. The van der Waals surface area contributed by atoms with Gasteiger partial charge in [0.2, 0.25) is 5.91 Å². The highest BCUT2D eigenvalue weighted by atomic mass is 16.2. The first kappa shape index (κ1) is 5.36. The molecule has 1 aromatic rings. The predicted octanol–water partition coefficient (Wildman–Crippen LogP) is 1.60. The molecule has 2 heteroatoms. The van der Waals surface area contributed by atoms with Crippen molar-refractivity contribution in [2.45, 2.75) is 13.3 Å². The van der Waals surface area contributed by atoms with Gasteiger partial charge in [0.1, 0.15) is 0 Å². The van der Waals surface area contributed by atoms with E-state index in [4.69, 9.17) is 2.74 Å². The first-order valence-electron chi connectivity index (χ1n) is 5.01. The summed E-state index contributed by atoms with van der Waals surface area (Å²) >= 11 is 0. The summed E-state index contributed by atoms with van der Waals surface area (Å²) in [7, 11) is 0. The van der Waals surface area contributed by atoms with Crippen molar-refractivity contribution < 1.29 is 7.54 Å². The van der Waals surface area contributed by atoms with Crippen LogP contribution in [-0.4, -0.2) is 12.4 Å². The Kier molecular flexibility index (Phi) is 1.17. The van der Waals surface area contributed by atoms with Crippen LogP contribution in [-0.2, 0) is 11.2 Å². The zero-order chi connectivity index (χ0) is 10.3. The summed E-state index contributed by atoms with van der Waals surface area (Å²) < 4.78 is 15.5. The zero-order valence-corrected chi connectivity index (χ0v) is 6.82. The van der Waals surface area contributed by atoms with E-state index in [0.29, 0.717) is 5.69 Å². The number of rotatable bonds is 0. The quantitative estimate of drug-likeness (QED) is 0.569. The van der Waals surface area contributed by atoms with Gasteiger partial charge in [-0.15, -0.1) is 0 Å². The van der Waals surface area contributed by atoms with E-state index >= 15 is 0 Å². The molecular formula is C10H11NO. The summed E-state index contributed by atoms with van der Waals surface area (Å²) in [6.07, 6.45) is -0.643. The second-order valence-electron chi connectivity index (χ2n) is 2.76. The fourth-order valence-electron chi connectivity index (χ4n) is 1.36. The molecule has 2 atom stereocenters. The molecule has 1 aliphatic heterocycles. The maximum Gasteiger partial charge on any atom is 0.223 e. The Hall–Kier alpha value is -1.31. The van der Waals surface area contributed by atoms with E-state index in [1.807, 2.05) is 12.1 Å². The van der Waals surface area contributed by atoms with Gasteiger partial charge in [-0.2, -0.15) is 0 Å². The van der Waals surface area contributed by atoms with Crippen molar-refractivity contribution in [3.05, 3.63) is 29.8 Å². The van der Waals surface area contributed by atoms with Gasteiger partial charge in [-0.05, 0) is 18.0 Å². The van der Waals surface area contributed by atoms with E-state index < -0.39 is 12.9 Å². The van der Waals surface area contributed by atoms with Crippen LogP contribution >= 0.6 is 0 Å². The van der Waals surface area contributed by atoms with Gasteiger partial charge in [0, 0.05) is 20.5 Å². The van der Waals surface area contributed by atoms with Crippen molar-refractivity contribution in [1.82, 2.24) is 0 Å². The lowest BCUT2D eigenvalue weighted by Gasteiger charge is -2.13. The van der Waals surface area contributed by atoms with Crippen LogP contribution in [0.2, 0.25) is 0 Å². The molecule has 0 aromatic heterocycles. The van der Waals surface area contributed by atoms with E-state index in [1.54, 1.807) is 12.1 Å². The highest BCUT2D eigenvalue weighted by molar-refractivity contribution is 5.93. The SMILES string of the molecule is [2H]C1c2ccccc2N(C(C)=O)C1[2H]. The van der Waals surface area contributed by atoms with Gasteiger partial charge in [-0.1, -0.05) is 18.2 Å². The van der Waals surface area contributed by atoms with Crippen molar-refractivity contribution >= 4 is 11.6 Å². The van der Waals surface area contributed by atoms with Crippen LogP contribution in [0.3, 0.4) is 0 Å². The van der Waals surface area contributed by atoms with Gasteiger partial charge in [-0.25, -0.2) is 0 Å². The predicted molar refractivity (Wildman–Crippen MR) is 48.2 cm³/mol. The number of carbonyl (C=O) groups is 1. The van der Waals surface area contributed by atoms with E-state index in [9.17, 15) is 4.79 Å². The van der Waals surface area contributed by atoms with Gasteiger partial charge in [0.25, 0.3) is 0 Å². The monoisotopic (exact) mass is 163 g/mol. The van der Waals surface area contributed by atoms with Crippen LogP contribution < -0.4 is 4.90 Å². The van der Waals surface area contributed by atoms with Crippen molar-refractivity contribution in [3.63, 3.8) is 0 Å². The molecule has 2 rings (SSSR count). The number of nitrogens with zero attached hydrogens (tertiary/aromatic N) is 1. The molecule has 0 bridgehead atoms. The third kappa shape index (κ3) is 0.998. The largest absolute Gasteiger partial charge is 0.312 e. The molecule has 1 aromatic carbocycles. The molecule has 2 nitrogen and oxygen atoms in total. The van der Waals surface area contributed by atoms with Crippen LogP contribution in [0.5, 0.6) is 0 Å². The average molecular weight is 163 g/mol. The van der Waals surface area contributed by atoms with Gasteiger partial charge in [-0.3, -0.25) is 4.79 Å². The number of benzene rings is 1. The number of amides is 1. The Labute approximate surface area is 74.6 Å². The zero-order valence-electron chi connectivity index (χ0n) is 8.82. The summed E-state index contributed by atoms with van der Waals surface area (Å²) in [4.78, 5) is 12.7. The second kappa shape index (κ2) is 2.63. The first-order valence-corrected chi connectivity index (χ1v) is 3.86. The van der Waals surface area contributed by atoms with Crippen LogP contribution in [0.15, 0.2) is 24.3 Å². The third-order valence-electron chi connectivity index (χ3n) is 1.94. The number of hydrogen-bond acceptors (Lipinski definition) is 1. The lowest BCUT2D eigenvalue weighted by molar-refractivity contribution is -0.116. The number of carbonyl (C=O) groups excluding carboxylic acids is 1. The third-order valence-corrected chi connectivity index (χ3v) is 1.94. The molecular weight excluding hydrogens is 150 g/mol. The minimum atomic E-state index is -0.801.